The molecule has 2 heterocycles. The Morgan fingerprint density at radius 2 is 1.72 bits per heavy atom. The van der Waals surface area contributed by atoms with E-state index in [9.17, 15) is 9.59 Å². The molecule has 25 heavy (non-hydrogen) atoms. The smallest absolute Gasteiger partial charge is 0.290 e. The average molecular weight is 355 g/mol. The second kappa shape index (κ2) is 8.17. The average Bonchev–Trinajstić information content (AvgIpc) is 2.42. The first kappa shape index (κ1) is 21.4. The summed E-state index contributed by atoms with van der Waals surface area (Å²) < 4.78 is 0. The van der Waals surface area contributed by atoms with E-state index >= 15 is 0 Å². The second-order valence-corrected chi connectivity index (χ2v) is 8.50. The molecule has 0 aromatic rings. The van der Waals surface area contributed by atoms with Crippen LogP contribution >= 0.6 is 0 Å². The summed E-state index contributed by atoms with van der Waals surface area (Å²) >= 11 is 0. The van der Waals surface area contributed by atoms with Crippen molar-refractivity contribution >= 4 is 18.3 Å². The van der Waals surface area contributed by atoms with Gasteiger partial charge in [0.05, 0.1) is 0 Å². The minimum atomic E-state index is -0.325. The molecule has 1 unspecified atom stereocenters. The van der Waals surface area contributed by atoms with Crippen molar-refractivity contribution in [2.45, 2.75) is 71.0 Å². The molecule has 2 aliphatic rings. The summed E-state index contributed by atoms with van der Waals surface area (Å²) in [4.78, 5) is 36.6. The molecule has 7 heteroatoms. The number of carbonyl (C=O) groups is 3. The van der Waals surface area contributed by atoms with Gasteiger partial charge in [-0.15, -0.1) is 0 Å². The van der Waals surface area contributed by atoms with Crippen LogP contribution < -0.4 is 5.32 Å². The number of nitrogens with zero attached hydrogens (tertiary/aromatic N) is 2. The van der Waals surface area contributed by atoms with E-state index in [1.807, 2.05) is 6.92 Å². The minimum absolute atomic E-state index is 0.0468. The summed E-state index contributed by atoms with van der Waals surface area (Å²) in [5.41, 5.74) is 0.104. The van der Waals surface area contributed by atoms with Crippen LogP contribution in [0.3, 0.4) is 0 Å². The van der Waals surface area contributed by atoms with Gasteiger partial charge < -0.3 is 20.2 Å². The van der Waals surface area contributed by atoms with Crippen LogP contribution in [0.2, 0.25) is 0 Å². The lowest BCUT2D eigenvalue weighted by Gasteiger charge is -2.47. The van der Waals surface area contributed by atoms with Gasteiger partial charge in [0.1, 0.15) is 6.04 Å². The molecule has 0 aromatic heterocycles. The van der Waals surface area contributed by atoms with Gasteiger partial charge >= 0.3 is 0 Å². The second-order valence-electron chi connectivity index (χ2n) is 8.50. The first-order chi connectivity index (χ1) is 11.4. The lowest BCUT2D eigenvalue weighted by Crippen LogP contribution is -2.59. The SMILES string of the molecule is CC1C(=O)N(C)CCN1C(=O)CC1CC(C)(C)NC(C)(C)C1.O=CO. The first-order valence-corrected chi connectivity index (χ1v) is 8.84. The van der Waals surface area contributed by atoms with Crippen molar-refractivity contribution in [1.82, 2.24) is 15.1 Å². The predicted octanol–water partition coefficient (Wildman–Crippen LogP) is 1.32. The van der Waals surface area contributed by atoms with E-state index in [2.05, 4.69) is 33.0 Å². The van der Waals surface area contributed by atoms with Gasteiger partial charge in [0, 0.05) is 37.6 Å². The zero-order valence-corrected chi connectivity index (χ0v) is 16.3. The summed E-state index contributed by atoms with van der Waals surface area (Å²) in [6.07, 6.45) is 2.55. The third kappa shape index (κ3) is 5.99. The number of hydrogen-bond acceptors (Lipinski definition) is 4. The fourth-order valence-electron chi connectivity index (χ4n) is 4.40. The molecule has 0 saturated carbocycles. The number of carbonyl (C=O) groups excluding carboxylic acids is 2. The highest BCUT2D eigenvalue weighted by molar-refractivity contribution is 5.88. The summed E-state index contributed by atoms with van der Waals surface area (Å²) in [6, 6.07) is -0.325. The van der Waals surface area contributed by atoms with Crippen LogP contribution in [0.25, 0.3) is 0 Å². The molecule has 2 fully saturated rings. The highest BCUT2D eigenvalue weighted by Gasteiger charge is 2.40. The summed E-state index contributed by atoms with van der Waals surface area (Å²) in [6.45, 7) is 11.7. The van der Waals surface area contributed by atoms with Gasteiger partial charge in [-0.25, -0.2) is 0 Å². The number of piperidine rings is 1. The topological polar surface area (TPSA) is 90.0 Å². The van der Waals surface area contributed by atoms with Gasteiger partial charge in [0.15, 0.2) is 0 Å². The van der Waals surface area contributed by atoms with Gasteiger partial charge in [-0.1, -0.05) is 0 Å². The van der Waals surface area contributed by atoms with Gasteiger partial charge in [-0.2, -0.15) is 0 Å². The van der Waals surface area contributed by atoms with Crippen LogP contribution in [0.4, 0.5) is 0 Å². The minimum Gasteiger partial charge on any atom is -0.483 e. The van der Waals surface area contributed by atoms with E-state index < -0.39 is 0 Å². The number of nitrogens with one attached hydrogen (secondary N) is 1. The Labute approximate surface area is 150 Å². The molecular formula is C18H33N3O4. The van der Waals surface area contributed by atoms with Crippen molar-refractivity contribution in [2.24, 2.45) is 5.92 Å². The molecule has 0 spiro atoms. The van der Waals surface area contributed by atoms with Crippen LogP contribution in [0.5, 0.6) is 0 Å². The summed E-state index contributed by atoms with van der Waals surface area (Å²) in [7, 11) is 1.80. The van der Waals surface area contributed by atoms with Crippen LogP contribution in [0.15, 0.2) is 0 Å². The number of carboxylic acid groups (broad SMARTS) is 1. The first-order valence-electron chi connectivity index (χ1n) is 8.84. The lowest BCUT2D eigenvalue weighted by molar-refractivity contribution is -0.150. The predicted molar refractivity (Wildman–Crippen MR) is 96.1 cm³/mol. The van der Waals surface area contributed by atoms with Crippen LogP contribution in [-0.2, 0) is 14.4 Å². The molecule has 0 aromatic carbocycles. The monoisotopic (exact) mass is 355 g/mol. The Morgan fingerprint density at radius 1 is 1.24 bits per heavy atom. The van der Waals surface area contributed by atoms with E-state index in [1.54, 1.807) is 16.8 Å². The zero-order valence-electron chi connectivity index (χ0n) is 16.3. The fourth-order valence-corrected chi connectivity index (χ4v) is 4.40. The number of amides is 2. The number of piperazine rings is 1. The van der Waals surface area contributed by atoms with E-state index in [4.69, 9.17) is 9.90 Å². The van der Waals surface area contributed by atoms with Crippen molar-refractivity contribution in [2.75, 3.05) is 20.1 Å². The molecule has 0 aliphatic carbocycles. The molecule has 0 radical (unpaired) electrons. The lowest BCUT2D eigenvalue weighted by atomic mass is 9.74. The fraction of sp³-hybridized carbons (Fsp3) is 0.833. The number of rotatable bonds is 2. The van der Waals surface area contributed by atoms with Crippen molar-refractivity contribution in [3.8, 4) is 0 Å². The zero-order chi connectivity index (χ0) is 19.4. The molecule has 1 atom stereocenters. The van der Waals surface area contributed by atoms with E-state index in [0.29, 0.717) is 25.4 Å². The Kier molecular flexibility index (Phi) is 6.99. The summed E-state index contributed by atoms with van der Waals surface area (Å²) in [5, 5.41) is 10.5. The molecule has 0 bridgehead atoms. The molecule has 144 valence electrons. The van der Waals surface area contributed by atoms with Crippen LogP contribution in [0.1, 0.15) is 53.9 Å². The molecule has 2 rings (SSSR count). The van der Waals surface area contributed by atoms with Crippen molar-refractivity contribution in [3.63, 3.8) is 0 Å². The normalized spacial score (nSPS) is 25.8. The van der Waals surface area contributed by atoms with Gasteiger partial charge in [-0.3, -0.25) is 14.4 Å². The summed E-state index contributed by atoms with van der Waals surface area (Å²) in [5.74, 6) is 0.554. The molecule has 2 saturated heterocycles. The number of likely N-dealkylation sites (N-methyl/N-ethyl adjacent to an activating group) is 1. The molecular weight excluding hydrogens is 322 g/mol. The van der Waals surface area contributed by atoms with E-state index in [1.165, 1.54) is 0 Å². The third-order valence-corrected chi connectivity index (χ3v) is 4.94. The Hall–Kier alpha value is -1.63. The largest absolute Gasteiger partial charge is 0.483 e. The highest BCUT2D eigenvalue weighted by Crippen LogP contribution is 2.35. The standard InChI is InChI=1S/C17H31N3O2.CH2O2/c1-12-15(22)19(6)7-8-20(12)14(21)9-13-10-16(2,3)18-17(4,5)11-13;2-1-3/h12-13,18H,7-11H2,1-6H3;1H,(H,2,3). The van der Waals surface area contributed by atoms with Gasteiger partial charge in [0.2, 0.25) is 11.8 Å². The molecule has 2 N–H and O–H groups in total. The highest BCUT2D eigenvalue weighted by atomic mass is 16.3. The Bertz CT molecular complexity index is 489. The molecule has 2 amide bonds. The van der Waals surface area contributed by atoms with Crippen molar-refractivity contribution in [1.29, 1.82) is 0 Å². The molecule has 2 aliphatic heterocycles. The van der Waals surface area contributed by atoms with E-state index in [-0.39, 0.29) is 35.4 Å². The molecule has 7 nitrogen and oxygen atoms in total. The maximum Gasteiger partial charge on any atom is 0.290 e. The van der Waals surface area contributed by atoms with E-state index in [0.717, 1.165) is 12.8 Å². The van der Waals surface area contributed by atoms with Gasteiger partial charge in [0.25, 0.3) is 6.47 Å². The third-order valence-electron chi connectivity index (χ3n) is 4.94. The van der Waals surface area contributed by atoms with Crippen LogP contribution in [-0.4, -0.2) is 70.4 Å². The Balaban J connectivity index is 0.000000970. The van der Waals surface area contributed by atoms with Crippen molar-refractivity contribution in [3.05, 3.63) is 0 Å². The van der Waals surface area contributed by atoms with Gasteiger partial charge in [-0.05, 0) is 53.4 Å². The van der Waals surface area contributed by atoms with Crippen molar-refractivity contribution < 1.29 is 19.5 Å². The Morgan fingerprint density at radius 3 is 2.20 bits per heavy atom. The number of hydrogen-bond donors (Lipinski definition) is 2. The van der Waals surface area contributed by atoms with Crippen LogP contribution in [0, 0.1) is 5.92 Å². The maximum absolute atomic E-state index is 12.7. The maximum atomic E-state index is 12.7. The quantitative estimate of drug-likeness (QED) is 0.729.